The number of aryl methyl sites for hydroxylation is 1. The summed E-state index contributed by atoms with van der Waals surface area (Å²) in [6.45, 7) is 6.89. The van der Waals surface area contributed by atoms with Gasteiger partial charge in [-0.3, -0.25) is 14.6 Å². The highest BCUT2D eigenvalue weighted by atomic mass is 16.5. The molecule has 5 rings (SSSR count). The van der Waals surface area contributed by atoms with Gasteiger partial charge in [0, 0.05) is 24.5 Å². The molecule has 1 aliphatic heterocycles. The largest absolute Gasteiger partial charge is 0.507 e. The van der Waals surface area contributed by atoms with Crippen LogP contribution in [0.25, 0.3) is 5.76 Å². The third kappa shape index (κ3) is 5.66. The maximum Gasteiger partial charge on any atom is 0.295 e. The number of ether oxygens (including phenoxy) is 1. The van der Waals surface area contributed by atoms with Gasteiger partial charge in [0.25, 0.3) is 11.7 Å². The van der Waals surface area contributed by atoms with Crippen molar-refractivity contribution < 1.29 is 19.4 Å². The van der Waals surface area contributed by atoms with Gasteiger partial charge >= 0.3 is 0 Å². The van der Waals surface area contributed by atoms with E-state index in [2.05, 4.69) is 24.9 Å². The Hall–Kier alpha value is -4.71. The lowest BCUT2D eigenvalue weighted by Gasteiger charge is -2.25. The van der Waals surface area contributed by atoms with Crippen LogP contribution >= 0.6 is 0 Å². The number of Topliss-reactive ketones (excluding diaryl/α,β-unsaturated/α-hetero) is 1. The van der Waals surface area contributed by atoms with Gasteiger partial charge in [-0.1, -0.05) is 67.9 Å². The van der Waals surface area contributed by atoms with Crippen molar-refractivity contribution in [1.82, 2.24) is 9.88 Å². The van der Waals surface area contributed by atoms with E-state index in [4.69, 9.17) is 4.74 Å². The third-order valence-electron chi connectivity index (χ3n) is 7.18. The minimum absolute atomic E-state index is 0.0739. The molecule has 1 fully saturated rings. The van der Waals surface area contributed by atoms with Crippen LogP contribution in [0.4, 0.5) is 0 Å². The second-order valence-corrected chi connectivity index (χ2v) is 10.4. The summed E-state index contributed by atoms with van der Waals surface area (Å²) in [5.41, 5.74) is 5.49. The van der Waals surface area contributed by atoms with Gasteiger partial charge in [-0.25, -0.2) is 0 Å². The molecule has 0 saturated carbocycles. The molecule has 2 heterocycles. The number of carbonyl (C=O) groups excluding carboxylic acids is 2. The minimum atomic E-state index is -0.730. The minimum Gasteiger partial charge on any atom is -0.507 e. The molecule has 40 heavy (non-hydrogen) atoms. The topological polar surface area (TPSA) is 79.7 Å². The molecule has 0 bridgehead atoms. The second-order valence-electron chi connectivity index (χ2n) is 10.4. The SMILES string of the molecule is Cc1cccc(COc2ccc(/C(O)=C3\C(=O)C(=O)N(Cc4ccncc4)[C@H]3c3ccc(C(C)C)cc3)cc2)c1. The van der Waals surface area contributed by atoms with E-state index in [1.54, 1.807) is 36.7 Å². The van der Waals surface area contributed by atoms with Crippen molar-refractivity contribution >= 4 is 17.4 Å². The quantitative estimate of drug-likeness (QED) is 0.155. The van der Waals surface area contributed by atoms with E-state index in [9.17, 15) is 14.7 Å². The zero-order chi connectivity index (χ0) is 28.2. The highest BCUT2D eigenvalue weighted by Gasteiger charge is 2.46. The summed E-state index contributed by atoms with van der Waals surface area (Å²) in [4.78, 5) is 32.3. The van der Waals surface area contributed by atoms with Crippen LogP contribution in [0.2, 0.25) is 0 Å². The lowest BCUT2D eigenvalue weighted by molar-refractivity contribution is -0.140. The van der Waals surface area contributed by atoms with Gasteiger partial charge in [-0.15, -0.1) is 0 Å². The van der Waals surface area contributed by atoms with Crippen LogP contribution in [-0.4, -0.2) is 26.7 Å². The smallest absolute Gasteiger partial charge is 0.295 e. The first-order chi connectivity index (χ1) is 19.3. The summed E-state index contributed by atoms with van der Waals surface area (Å²) in [5, 5.41) is 11.4. The van der Waals surface area contributed by atoms with Gasteiger partial charge in [0.2, 0.25) is 0 Å². The Balaban J connectivity index is 1.48. The van der Waals surface area contributed by atoms with Crippen LogP contribution in [0, 0.1) is 6.92 Å². The van der Waals surface area contributed by atoms with Crippen molar-refractivity contribution in [2.45, 2.75) is 45.9 Å². The predicted molar refractivity (Wildman–Crippen MR) is 155 cm³/mol. The number of hydrogen-bond acceptors (Lipinski definition) is 5. The van der Waals surface area contributed by atoms with Crippen LogP contribution < -0.4 is 4.74 Å². The summed E-state index contributed by atoms with van der Waals surface area (Å²) in [6, 6.07) is 25.8. The Morgan fingerprint density at radius 1 is 0.925 bits per heavy atom. The predicted octanol–water partition coefficient (Wildman–Crippen LogP) is 6.71. The molecular formula is C34H32N2O4. The van der Waals surface area contributed by atoms with Crippen LogP contribution in [-0.2, 0) is 22.7 Å². The van der Waals surface area contributed by atoms with Gasteiger partial charge in [0.1, 0.15) is 18.1 Å². The number of carbonyl (C=O) groups is 2. The normalized spacial score (nSPS) is 16.5. The number of hydrogen-bond donors (Lipinski definition) is 1. The van der Waals surface area contributed by atoms with Gasteiger partial charge in [-0.2, -0.15) is 0 Å². The van der Waals surface area contributed by atoms with E-state index in [0.717, 1.165) is 27.8 Å². The molecule has 1 amide bonds. The molecule has 0 spiro atoms. The van der Waals surface area contributed by atoms with Crippen LogP contribution in [0.5, 0.6) is 5.75 Å². The standard InChI is InChI=1S/C34H32N2O4/c1-22(2)26-7-9-27(10-8-26)31-30(33(38)34(39)36(31)20-24-15-17-35-18-16-24)32(37)28-11-13-29(14-12-28)40-21-25-6-4-5-23(3)19-25/h4-19,22,31,37H,20-21H2,1-3H3/b32-30+/t31-/m0/s1. The molecule has 0 radical (unpaired) electrons. The molecule has 1 aromatic heterocycles. The number of pyridine rings is 1. The fourth-order valence-corrected chi connectivity index (χ4v) is 4.97. The summed E-state index contributed by atoms with van der Waals surface area (Å²) in [6.07, 6.45) is 3.31. The average Bonchev–Trinajstić information content (AvgIpc) is 3.21. The van der Waals surface area contributed by atoms with Gasteiger partial charge < -0.3 is 14.7 Å². The monoisotopic (exact) mass is 532 g/mol. The molecule has 0 aliphatic carbocycles. The van der Waals surface area contributed by atoms with Crippen molar-refractivity contribution in [2.24, 2.45) is 0 Å². The third-order valence-corrected chi connectivity index (χ3v) is 7.18. The van der Waals surface area contributed by atoms with E-state index in [1.807, 2.05) is 61.5 Å². The van der Waals surface area contributed by atoms with Crippen LogP contribution in [0.15, 0.2) is 103 Å². The fourth-order valence-electron chi connectivity index (χ4n) is 4.97. The van der Waals surface area contributed by atoms with Crippen molar-refractivity contribution in [1.29, 1.82) is 0 Å². The number of amides is 1. The number of likely N-dealkylation sites (tertiary alicyclic amines) is 1. The Morgan fingerprint density at radius 3 is 2.27 bits per heavy atom. The lowest BCUT2D eigenvalue weighted by atomic mass is 9.93. The highest BCUT2D eigenvalue weighted by molar-refractivity contribution is 6.46. The van der Waals surface area contributed by atoms with Crippen molar-refractivity contribution in [2.75, 3.05) is 0 Å². The number of nitrogens with zero attached hydrogens (tertiary/aromatic N) is 2. The maximum atomic E-state index is 13.4. The van der Waals surface area contributed by atoms with E-state index >= 15 is 0 Å². The molecular weight excluding hydrogens is 500 g/mol. The molecule has 1 saturated heterocycles. The summed E-state index contributed by atoms with van der Waals surface area (Å²) in [7, 11) is 0. The number of rotatable bonds is 8. The van der Waals surface area contributed by atoms with Crippen LogP contribution in [0.1, 0.15) is 59.2 Å². The maximum absolute atomic E-state index is 13.4. The van der Waals surface area contributed by atoms with E-state index in [0.29, 0.717) is 23.8 Å². The van der Waals surface area contributed by atoms with Gasteiger partial charge in [-0.05, 0) is 71.5 Å². The van der Waals surface area contributed by atoms with Crippen molar-refractivity contribution in [3.8, 4) is 5.75 Å². The summed E-state index contributed by atoms with van der Waals surface area (Å²) < 4.78 is 5.92. The van der Waals surface area contributed by atoms with Crippen molar-refractivity contribution in [3.05, 3.63) is 136 Å². The fraction of sp³-hybridized carbons (Fsp3) is 0.206. The first-order valence-electron chi connectivity index (χ1n) is 13.4. The zero-order valence-corrected chi connectivity index (χ0v) is 22.9. The van der Waals surface area contributed by atoms with Crippen molar-refractivity contribution in [3.63, 3.8) is 0 Å². The molecule has 6 heteroatoms. The van der Waals surface area contributed by atoms with Gasteiger partial charge in [0.05, 0.1) is 11.6 Å². The first-order valence-corrected chi connectivity index (χ1v) is 13.4. The molecule has 1 aliphatic rings. The Kier molecular flexibility index (Phi) is 7.78. The zero-order valence-electron chi connectivity index (χ0n) is 22.9. The number of aliphatic hydroxyl groups is 1. The first kappa shape index (κ1) is 26.9. The van der Waals surface area contributed by atoms with E-state index in [-0.39, 0.29) is 17.9 Å². The number of aliphatic hydroxyl groups excluding tert-OH is 1. The molecule has 4 aromatic rings. The van der Waals surface area contributed by atoms with Crippen LogP contribution in [0.3, 0.4) is 0 Å². The van der Waals surface area contributed by atoms with E-state index in [1.165, 1.54) is 4.90 Å². The molecule has 3 aromatic carbocycles. The Bertz CT molecular complexity index is 1540. The number of benzene rings is 3. The van der Waals surface area contributed by atoms with E-state index < -0.39 is 17.7 Å². The molecule has 1 atom stereocenters. The summed E-state index contributed by atoms with van der Waals surface area (Å²) >= 11 is 0. The molecule has 6 nitrogen and oxygen atoms in total. The Morgan fingerprint density at radius 2 is 1.62 bits per heavy atom. The number of aromatic nitrogens is 1. The highest BCUT2D eigenvalue weighted by Crippen LogP contribution is 2.40. The summed E-state index contributed by atoms with van der Waals surface area (Å²) in [5.74, 6) is -0.585. The second kappa shape index (κ2) is 11.6. The molecule has 0 unspecified atom stereocenters. The molecule has 202 valence electrons. The molecule has 1 N–H and O–H groups in total. The van der Waals surface area contributed by atoms with Gasteiger partial charge in [0.15, 0.2) is 0 Å². The number of ketones is 1. The lowest BCUT2D eigenvalue weighted by Crippen LogP contribution is -2.29. The Labute approximate surface area is 234 Å². The average molecular weight is 533 g/mol.